The van der Waals surface area contributed by atoms with Crippen LogP contribution in [0.1, 0.15) is 23.2 Å². The first kappa shape index (κ1) is 16.0. The summed E-state index contributed by atoms with van der Waals surface area (Å²) in [5.74, 6) is 2.00. The summed E-state index contributed by atoms with van der Waals surface area (Å²) in [6.45, 7) is 0. The molecular formula is C18H21NO3S. The first-order valence-electron chi connectivity index (χ1n) is 7.41. The Balaban J connectivity index is 1.85. The highest BCUT2D eigenvalue weighted by Crippen LogP contribution is 2.47. The Morgan fingerprint density at radius 2 is 1.39 bits per heavy atom. The molecule has 0 aromatic heterocycles. The molecule has 2 atom stereocenters. The minimum atomic E-state index is 0.267. The lowest BCUT2D eigenvalue weighted by Crippen LogP contribution is -1.97. The topological polar surface area (TPSA) is 49.6 Å². The maximum Gasteiger partial charge on any atom is 0.203 e. The number of hydrogen-bond donors (Lipinski definition) is 1. The summed E-state index contributed by atoms with van der Waals surface area (Å²) < 4.78 is 16.2. The molecule has 3 rings (SSSR count). The van der Waals surface area contributed by atoms with Gasteiger partial charge in [0.2, 0.25) is 5.75 Å². The van der Waals surface area contributed by atoms with Gasteiger partial charge in [-0.15, -0.1) is 11.8 Å². The van der Waals surface area contributed by atoms with Crippen molar-refractivity contribution in [1.29, 1.82) is 0 Å². The minimum absolute atomic E-state index is 0.267. The maximum absolute atomic E-state index is 5.43. The Hall–Kier alpha value is -1.85. The summed E-state index contributed by atoms with van der Waals surface area (Å²) in [6, 6.07) is 13.3. The summed E-state index contributed by atoms with van der Waals surface area (Å²) in [5, 5.41) is 3.52. The average Bonchev–Trinajstić information content (AvgIpc) is 3.41. The summed E-state index contributed by atoms with van der Waals surface area (Å²) in [6.07, 6.45) is 2.09. The number of hydrogen-bond acceptors (Lipinski definition) is 5. The molecule has 2 aromatic carbocycles. The molecule has 5 heteroatoms. The molecule has 0 aliphatic carbocycles. The van der Waals surface area contributed by atoms with E-state index in [1.807, 2.05) is 12.1 Å². The van der Waals surface area contributed by atoms with Crippen LogP contribution in [-0.2, 0) is 0 Å². The van der Waals surface area contributed by atoms with E-state index in [0.717, 1.165) is 5.56 Å². The fourth-order valence-corrected chi connectivity index (χ4v) is 3.22. The fraction of sp³-hybridized carbons (Fsp3) is 0.333. The SMILES string of the molecule is COc1cc(C2NC2c2ccc(SC)cc2)cc(OC)c1OC. The van der Waals surface area contributed by atoms with Crippen molar-refractivity contribution in [3.8, 4) is 17.2 Å². The van der Waals surface area contributed by atoms with Crippen molar-refractivity contribution in [3.05, 3.63) is 47.5 Å². The van der Waals surface area contributed by atoms with Gasteiger partial charge >= 0.3 is 0 Å². The minimum Gasteiger partial charge on any atom is -0.493 e. The lowest BCUT2D eigenvalue weighted by molar-refractivity contribution is 0.323. The van der Waals surface area contributed by atoms with Crippen LogP contribution in [0.4, 0.5) is 0 Å². The fourth-order valence-electron chi connectivity index (χ4n) is 2.81. The van der Waals surface area contributed by atoms with Gasteiger partial charge in [0.25, 0.3) is 0 Å². The molecule has 0 amide bonds. The summed E-state index contributed by atoms with van der Waals surface area (Å²) >= 11 is 1.75. The van der Waals surface area contributed by atoms with E-state index in [0.29, 0.717) is 23.3 Å². The Labute approximate surface area is 141 Å². The zero-order chi connectivity index (χ0) is 16.4. The molecule has 0 spiro atoms. The lowest BCUT2D eigenvalue weighted by atomic mass is 10.0. The first-order chi connectivity index (χ1) is 11.2. The van der Waals surface area contributed by atoms with Gasteiger partial charge in [0, 0.05) is 4.90 Å². The summed E-state index contributed by atoms with van der Waals surface area (Å²) in [4.78, 5) is 1.28. The van der Waals surface area contributed by atoms with Gasteiger partial charge < -0.3 is 14.2 Å². The smallest absolute Gasteiger partial charge is 0.203 e. The van der Waals surface area contributed by atoms with Crippen LogP contribution in [0, 0.1) is 0 Å². The molecule has 1 N–H and O–H groups in total. The molecule has 4 nitrogen and oxygen atoms in total. The highest BCUT2D eigenvalue weighted by atomic mass is 32.2. The molecule has 1 saturated heterocycles. The normalized spacial score (nSPS) is 19.3. The lowest BCUT2D eigenvalue weighted by Gasteiger charge is -2.13. The molecule has 0 radical (unpaired) electrons. The number of methoxy groups -OCH3 is 3. The molecule has 1 heterocycles. The molecule has 2 aromatic rings. The molecule has 1 fully saturated rings. The van der Waals surface area contributed by atoms with Crippen LogP contribution in [0.3, 0.4) is 0 Å². The second-order valence-corrected chi connectivity index (χ2v) is 6.23. The molecule has 23 heavy (non-hydrogen) atoms. The van der Waals surface area contributed by atoms with Crippen molar-refractivity contribution in [2.75, 3.05) is 27.6 Å². The summed E-state index contributed by atoms with van der Waals surface area (Å²) in [7, 11) is 4.89. The first-order valence-corrected chi connectivity index (χ1v) is 8.64. The average molecular weight is 331 g/mol. The van der Waals surface area contributed by atoms with Crippen LogP contribution < -0.4 is 19.5 Å². The third-order valence-corrected chi connectivity index (χ3v) is 4.85. The largest absolute Gasteiger partial charge is 0.493 e. The van der Waals surface area contributed by atoms with Gasteiger partial charge in [-0.2, -0.15) is 0 Å². The van der Waals surface area contributed by atoms with E-state index in [9.17, 15) is 0 Å². The number of rotatable bonds is 6. The highest BCUT2D eigenvalue weighted by molar-refractivity contribution is 7.98. The molecule has 0 saturated carbocycles. The van der Waals surface area contributed by atoms with Gasteiger partial charge in [-0.1, -0.05) is 12.1 Å². The number of thioether (sulfide) groups is 1. The van der Waals surface area contributed by atoms with Gasteiger partial charge in [0.05, 0.1) is 33.4 Å². The van der Waals surface area contributed by atoms with Gasteiger partial charge in [-0.25, -0.2) is 0 Å². The van der Waals surface area contributed by atoms with E-state index in [1.165, 1.54) is 10.5 Å². The number of benzene rings is 2. The van der Waals surface area contributed by atoms with Crippen LogP contribution in [0.15, 0.2) is 41.3 Å². The van der Waals surface area contributed by atoms with Crippen LogP contribution >= 0.6 is 11.8 Å². The van der Waals surface area contributed by atoms with E-state index in [-0.39, 0.29) is 6.04 Å². The molecule has 1 aliphatic heterocycles. The van der Waals surface area contributed by atoms with Gasteiger partial charge in [0.15, 0.2) is 11.5 Å². The zero-order valence-electron chi connectivity index (χ0n) is 13.8. The van der Waals surface area contributed by atoms with Gasteiger partial charge in [-0.3, -0.25) is 5.32 Å². The standard InChI is InChI=1S/C18H21NO3S/c1-20-14-9-12(10-15(21-2)18(14)22-3)17-16(19-17)11-5-7-13(23-4)8-6-11/h5-10,16-17,19H,1-4H3. The van der Waals surface area contributed by atoms with Crippen LogP contribution in [-0.4, -0.2) is 27.6 Å². The van der Waals surface area contributed by atoms with E-state index in [2.05, 4.69) is 35.8 Å². The third-order valence-electron chi connectivity index (χ3n) is 4.10. The van der Waals surface area contributed by atoms with Gasteiger partial charge in [-0.05, 0) is 41.6 Å². The Morgan fingerprint density at radius 1 is 0.826 bits per heavy atom. The van der Waals surface area contributed by atoms with Gasteiger partial charge in [0.1, 0.15) is 0 Å². The number of ether oxygens (including phenoxy) is 3. The zero-order valence-corrected chi connectivity index (χ0v) is 14.6. The van der Waals surface area contributed by atoms with Crippen LogP contribution in [0.25, 0.3) is 0 Å². The molecule has 1 aliphatic rings. The second kappa shape index (κ2) is 6.72. The second-order valence-electron chi connectivity index (χ2n) is 5.35. The highest BCUT2D eigenvalue weighted by Gasteiger charge is 2.39. The molecular weight excluding hydrogens is 310 g/mol. The van der Waals surface area contributed by atoms with Crippen molar-refractivity contribution in [3.63, 3.8) is 0 Å². The van der Waals surface area contributed by atoms with Crippen LogP contribution in [0.5, 0.6) is 17.2 Å². The van der Waals surface area contributed by atoms with E-state index >= 15 is 0 Å². The van der Waals surface area contributed by atoms with Crippen molar-refractivity contribution in [1.82, 2.24) is 5.32 Å². The number of nitrogens with one attached hydrogen (secondary N) is 1. The van der Waals surface area contributed by atoms with E-state index < -0.39 is 0 Å². The van der Waals surface area contributed by atoms with E-state index in [4.69, 9.17) is 14.2 Å². The van der Waals surface area contributed by atoms with Crippen molar-refractivity contribution in [2.24, 2.45) is 0 Å². The quantitative estimate of drug-likeness (QED) is 0.644. The predicted molar refractivity (Wildman–Crippen MR) is 92.9 cm³/mol. The third kappa shape index (κ3) is 3.12. The van der Waals surface area contributed by atoms with Crippen molar-refractivity contribution < 1.29 is 14.2 Å². The predicted octanol–water partition coefficient (Wildman–Crippen LogP) is 3.82. The Kier molecular flexibility index (Phi) is 4.68. The van der Waals surface area contributed by atoms with Crippen molar-refractivity contribution in [2.45, 2.75) is 17.0 Å². The monoisotopic (exact) mass is 331 g/mol. The van der Waals surface area contributed by atoms with Crippen molar-refractivity contribution >= 4 is 11.8 Å². The Morgan fingerprint density at radius 3 is 1.87 bits per heavy atom. The Bertz CT molecular complexity index is 662. The maximum atomic E-state index is 5.43. The molecule has 122 valence electrons. The van der Waals surface area contributed by atoms with Crippen LogP contribution in [0.2, 0.25) is 0 Å². The molecule has 0 bridgehead atoms. The van der Waals surface area contributed by atoms with E-state index in [1.54, 1.807) is 33.1 Å². The molecule has 2 unspecified atom stereocenters. The summed E-state index contributed by atoms with van der Waals surface area (Å²) in [5.41, 5.74) is 2.43.